The highest BCUT2D eigenvalue weighted by molar-refractivity contribution is 6.31. The van der Waals surface area contributed by atoms with E-state index in [9.17, 15) is 18.0 Å². The van der Waals surface area contributed by atoms with Gasteiger partial charge in [-0.05, 0) is 23.8 Å². The van der Waals surface area contributed by atoms with Crippen LogP contribution in [0.15, 0.2) is 18.2 Å². The van der Waals surface area contributed by atoms with E-state index in [2.05, 4.69) is 5.32 Å². The lowest BCUT2D eigenvalue weighted by Gasteiger charge is -2.10. The summed E-state index contributed by atoms with van der Waals surface area (Å²) in [6.07, 6.45) is -4.41. The number of rotatable bonds is 2. The van der Waals surface area contributed by atoms with E-state index in [4.69, 9.17) is 11.6 Å². The van der Waals surface area contributed by atoms with Gasteiger partial charge < -0.3 is 5.32 Å². The Balaban J connectivity index is 2.95. The quantitative estimate of drug-likeness (QED) is 0.860. The van der Waals surface area contributed by atoms with Gasteiger partial charge in [-0.3, -0.25) is 4.79 Å². The van der Waals surface area contributed by atoms with Crippen LogP contribution in [0, 0.1) is 0 Å². The molecule has 0 heterocycles. The van der Waals surface area contributed by atoms with Crippen LogP contribution in [-0.2, 0) is 17.5 Å². The third kappa shape index (κ3) is 3.41. The topological polar surface area (TPSA) is 29.1 Å². The first-order valence-corrected chi connectivity index (χ1v) is 4.78. The monoisotopic (exact) mass is 251 g/mol. The van der Waals surface area contributed by atoms with Crippen LogP contribution in [0.3, 0.4) is 0 Å². The number of carbonyl (C=O) groups excluding carboxylic acids is 1. The minimum atomic E-state index is -4.41. The zero-order valence-electron chi connectivity index (χ0n) is 8.36. The van der Waals surface area contributed by atoms with Gasteiger partial charge in [0, 0.05) is 18.5 Å². The molecule has 0 atom stereocenters. The molecule has 0 aliphatic carbocycles. The van der Waals surface area contributed by atoms with Crippen LogP contribution in [0.2, 0.25) is 5.02 Å². The van der Waals surface area contributed by atoms with E-state index in [0.717, 1.165) is 12.1 Å². The van der Waals surface area contributed by atoms with Crippen molar-refractivity contribution in [3.05, 3.63) is 34.3 Å². The van der Waals surface area contributed by atoms with Crippen LogP contribution in [0.1, 0.15) is 18.1 Å². The molecular formula is C10H9ClF3NO. The molecule has 16 heavy (non-hydrogen) atoms. The molecule has 0 saturated heterocycles. The summed E-state index contributed by atoms with van der Waals surface area (Å²) in [4.78, 5) is 10.6. The van der Waals surface area contributed by atoms with Crippen molar-refractivity contribution in [3.63, 3.8) is 0 Å². The summed E-state index contributed by atoms with van der Waals surface area (Å²) in [5.41, 5.74) is -0.538. The molecule has 1 N–H and O–H groups in total. The molecule has 1 aromatic carbocycles. The Hall–Kier alpha value is -1.23. The first-order chi connectivity index (χ1) is 7.30. The van der Waals surface area contributed by atoms with Crippen LogP contribution in [0.5, 0.6) is 0 Å². The van der Waals surface area contributed by atoms with Gasteiger partial charge in [0.05, 0.1) is 5.56 Å². The van der Waals surface area contributed by atoms with Crippen LogP contribution in [-0.4, -0.2) is 5.91 Å². The van der Waals surface area contributed by atoms with Crippen molar-refractivity contribution in [1.82, 2.24) is 5.32 Å². The number of amides is 1. The Kier molecular flexibility index (Phi) is 3.80. The molecule has 0 aliphatic rings. The molecule has 1 rings (SSSR count). The fourth-order valence-electron chi connectivity index (χ4n) is 1.11. The largest absolute Gasteiger partial charge is 0.416 e. The van der Waals surface area contributed by atoms with E-state index in [-0.39, 0.29) is 23.0 Å². The third-order valence-corrected chi connectivity index (χ3v) is 2.27. The van der Waals surface area contributed by atoms with Crippen molar-refractivity contribution >= 4 is 17.5 Å². The second-order valence-electron chi connectivity index (χ2n) is 3.21. The number of nitrogens with one attached hydrogen (secondary N) is 1. The molecule has 6 heteroatoms. The average molecular weight is 252 g/mol. The first kappa shape index (κ1) is 12.8. The van der Waals surface area contributed by atoms with Gasteiger partial charge in [-0.25, -0.2) is 0 Å². The summed E-state index contributed by atoms with van der Waals surface area (Å²) in [6, 6.07) is 3.00. The van der Waals surface area contributed by atoms with Gasteiger partial charge in [-0.15, -0.1) is 0 Å². The zero-order chi connectivity index (χ0) is 12.3. The molecule has 1 aromatic rings. The van der Waals surface area contributed by atoms with Gasteiger partial charge in [-0.2, -0.15) is 13.2 Å². The Morgan fingerprint density at radius 3 is 2.56 bits per heavy atom. The molecule has 0 fully saturated rings. The summed E-state index contributed by atoms with van der Waals surface area (Å²) in [5.74, 6) is -0.325. The molecular weight excluding hydrogens is 243 g/mol. The van der Waals surface area contributed by atoms with Crippen molar-refractivity contribution in [2.24, 2.45) is 0 Å². The maximum atomic E-state index is 12.4. The number of halogens is 4. The smallest absolute Gasteiger partial charge is 0.352 e. The predicted molar refractivity (Wildman–Crippen MR) is 54.0 cm³/mol. The van der Waals surface area contributed by atoms with E-state index >= 15 is 0 Å². The van der Waals surface area contributed by atoms with Gasteiger partial charge in [0.2, 0.25) is 5.91 Å². The van der Waals surface area contributed by atoms with Crippen molar-refractivity contribution in [1.29, 1.82) is 0 Å². The maximum Gasteiger partial charge on any atom is 0.416 e. The Morgan fingerprint density at radius 2 is 2.06 bits per heavy atom. The number of alkyl halides is 3. The minimum absolute atomic E-state index is 0.0158. The lowest BCUT2D eigenvalue weighted by atomic mass is 10.1. The fraction of sp³-hybridized carbons (Fsp3) is 0.300. The second-order valence-corrected chi connectivity index (χ2v) is 3.62. The predicted octanol–water partition coefficient (Wildman–Crippen LogP) is 2.99. The molecule has 1 amide bonds. The van der Waals surface area contributed by atoms with E-state index < -0.39 is 11.7 Å². The van der Waals surface area contributed by atoms with Crippen molar-refractivity contribution in [2.45, 2.75) is 19.6 Å². The van der Waals surface area contributed by atoms with E-state index in [1.165, 1.54) is 13.0 Å². The summed E-state index contributed by atoms with van der Waals surface area (Å²) in [6.45, 7) is 1.26. The minimum Gasteiger partial charge on any atom is -0.352 e. The molecule has 0 aliphatic heterocycles. The van der Waals surface area contributed by atoms with E-state index in [1.54, 1.807) is 0 Å². The van der Waals surface area contributed by atoms with Crippen LogP contribution in [0.4, 0.5) is 13.2 Å². The van der Waals surface area contributed by atoms with Crippen molar-refractivity contribution in [2.75, 3.05) is 0 Å². The van der Waals surface area contributed by atoms with Gasteiger partial charge in [0.25, 0.3) is 0 Å². The summed E-state index contributed by atoms with van der Waals surface area (Å²) >= 11 is 5.71. The summed E-state index contributed by atoms with van der Waals surface area (Å²) < 4.78 is 37.1. The lowest BCUT2D eigenvalue weighted by Crippen LogP contribution is -2.19. The third-order valence-electron chi connectivity index (χ3n) is 1.90. The molecule has 0 aromatic heterocycles. The van der Waals surface area contributed by atoms with Gasteiger partial charge in [0.15, 0.2) is 0 Å². The standard InChI is InChI=1S/C10H9ClF3NO/c1-6(16)15-5-7-4-8(10(12,13)14)2-3-9(7)11/h2-4H,5H2,1H3,(H,15,16). The lowest BCUT2D eigenvalue weighted by molar-refractivity contribution is -0.137. The summed E-state index contributed by atoms with van der Waals surface area (Å²) in [5, 5.41) is 2.59. The molecule has 88 valence electrons. The maximum absolute atomic E-state index is 12.4. The van der Waals surface area contributed by atoms with Crippen LogP contribution < -0.4 is 5.32 Å². The highest BCUT2D eigenvalue weighted by atomic mass is 35.5. The summed E-state index contributed by atoms with van der Waals surface area (Å²) in [7, 11) is 0. The molecule has 0 spiro atoms. The Labute approximate surface area is 95.4 Å². The molecule has 0 unspecified atom stereocenters. The normalized spacial score (nSPS) is 11.3. The Morgan fingerprint density at radius 1 is 1.44 bits per heavy atom. The number of benzene rings is 1. The van der Waals surface area contributed by atoms with Crippen LogP contribution >= 0.6 is 11.6 Å². The fourth-order valence-corrected chi connectivity index (χ4v) is 1.29. The van der Waals surface area contributed by atoms with E-state index in [0.29, 0.717) is 0 Å². The second kappa shape index (κ2) is 4.74. The van der Waals surface area contributed by atoms with E-state index in [1.807, 2.05) is 0 Å². The molecule has 0 radical (unpaired) electrons. The van der Waals surface area contributed by atoms with Crippen LogP contribution in [0.25, 0.3) is 0 Å². The SMILES string of the molecule is CC(=O)NCc1cc(C(F)(F)F)ccc1Cl. The highest BCUT2D eigenvalue weighted by Crippen LogP contribution is 2.31. The Bertz CT molecular complexity index is 404. The van der Waals surface area contributed by atoms with Crippen molar-refractivity contribution in [3.8, 4) is 0 Å². The molecule has 0 bridgehead atoms. The zero-order valence-corrected chi connectivity index (χ0v) is 9.12. The average Bonchev–Trinajstić information content (AvgIpc) is 2.14. The molecule has 2 nitrogen and oxygen atoms in total. The highest BCUT2D eigenvalue weighted by Gasteiger charge is 2.30. The number of carbonyl (C=O) groups is 1. The van der Waals surface area contributed by atoms with Gasteiger partial charge in [-0.1, -0.05) is 11.6 Å². The first-order valence-electron chi connectivity index (χ1n) is 4.41. The molecule has 0 saturated carbocycles. The van der Waals surface area contributed by atoms with Crippen molar-refractivity contribution < 1.29 is 18.0 Å². The number of hydrogen-bond acceptors (Lipinski definition) is 1. The number of hydrogen-bond donors (Lipinski definition) is 1. The van der Waals surface area contributed by atoms with Gasteiger partial charge in [0.1, 0.15) is 0 Å². The van der Waals surface area contributed by atoms with Gasteiger partial charge >= 0.3 is 6.18 Å².